The molecule has 206 valence electrons. The van der Waals surface area contributed by atoms with Crippen LogP contribution in [-0.4, -0.2) is 38.1 Å². The number of anilines is 1. The molecule has 3 atom stereocenters. The van der Waals surface area contributed by atoms with Gasteiger partial charge in [-0.25, -0.2) is 21.3 Å². The third-order valence-corrected chi connectivity index (χ3v) is 9.89. The summed E-state index contributed by atoms with van der Waals surface area (Å²) in [5.41, 5.74) is -1.25. The zero-order chi connectivity index (χ0) is 28.3. The molecule has 2 heterocycles. The number of hydrogen-bond donors (Lipinski definition) is 0. The maximum atomic E-state index is 15.4. The lowest BCUT2D eigenvalue weighted by atomic mass is 10.1. The van der Waals surface area contributed by atoms with Crippen LogP contribution in [0.1, 0.15) is 17.9 Å². The third-order valence-electron chi connectivity index (χ3n) is 6.45. The van der Waals surface area contributed by atoms with E-state index in [4.69, 9.17) is 9.26 Å². The van der Waals surface area contributed by atoms with E-state index in [0.717, 1.165) is 45.2 Å². The number of benzene rings is 2. The molecular formula is C24H19F5N3O5PS. The van der Waals surface area contributed by atoms with Crippen molar-refractivity contribution in [3.8, 4) is 11.4 Å². The average Bonchev–Trinajstić information content (AvgIpc) is 3.51. The smallest absolute Gasteiger partial charge is 0.392 e. The number of ether oxygens (including phenoxy) is 1. The van der Waals surface area contributed by atoms with E-state index >= 15 is 8.78 Å². The minimum atomic E-state index is -4.48. The van der Waals surface area contributed by atoms with Crippen LogP contribution in [0.4, 0.5) is 27.8 Å². The Labute approximate surface area is 219 Å². The summed E-state index contributed by atoms with van der Waals surface area (Å²) >= 11 is 0. The molecule has 2 aromatic heterocycles. The molecule has 39 heavy (non-hydrogen) atoms. The van der Waals surface area contributed by atoms with Gasteiger partial charge in [0.2, 0.25) is 0 Å². The molecule has 1 aliphatic carbocycles. The number of fused-ring (bicyclic) bond motifs is 1. The van der Waals surface area contributed by atoms with Crippen molar-refractivity contribution in [2.45, 2.75) is 23.4 Å². The van der Waals surface area contributed by atoms with Gasteiger partial charge in [-0.3, -0.25) is 9.36 Å². The number of pyridine rings is 1. The van der Waals surface area contributed by atoms with E-state index in [1.54, 1.807) is 6.66 Å². The lowest BCUT2D eigenvalue weighted by Gasteiger charge is -2.21. The summed E-state index contributed by atoms with van der Waals surface area (Å²) in [5.74, 6) is -5.12. The zero-order valence-corrected chi connectivity index (χ0v) is 22.0. The van der Waals surface area contributed by atoms with Crippen molar-refractivity contribution >= 4 is 35.5 Å². The number of nitrogens with zero attached hydrogens (tertiary/aromatic N) is 3. The first-order valence-electron chi connectivity index (χ1n) is 11.3. The molecule has 2 aromatic carbocycles. The molecule has 1 unspecified atom stereocenters. The monoisotopic (exact) mass is 587 g/mol. The van der Waals surface area contributed by atoms with Gasteiger partial charge >= 0.3 is 6.18 Å². The Kier molecular flexibility index (Phi) is 6.66. The molecule has 1 saturated carbocycles. The maximum Gasteiger partial charge on any atom is 0.392 e. The van der Waals surface area contributed by atoms with Crippen LogP contribution in [0.3, 0.4) is 0 Å². The first kappa shape index (κ1) is 27.1. The largest absolute Gasteiger partial charge is 0.495 e. The minimum absolute atomic E-state index is 0.0518. The number of alkyl halides is 3. The van der Waals surface area contributed by atoms with Crippen molar-refractivity contribution in [3.63, 3.8) is 0 Å². The Balaban J connectivity index is 1.65. The van der Waals surface area contributed by atoms with Gasteiger partial charge in [-0.15, -0.1) is 0 Å². The molecule has 0 spiro atoms. The molecule has 15 heteroatoms. The van der Waals surface area contributed by atoms with Gasteiger partial charge in [0.1, 0.15) is 28.5 Å². The normalized spacial score (nSPS) is 17.7. The van der Waals surface area contributed by atoms with Crippen LogP contribution in [0.25, 0.3) is 16.6 Å². The van der Waals surface area contributed by atoms with Crippen molar-refractivity contribution in [1.29, 1.82) is 0 Å². The number of aromatic nitrogens is 2. The highest BCUT2D eigenvalue weighted by Crippen LogP contribution is 2.57. The SMILES string of the molecule is COc1cc([C@H]2C[C@@H]2C(F)(F)F)c(F)cc1-n1c(=O)ccc2cc(S(=O)(=O)N(PC)c3ccon3)c(F)cc21. The Morgan fingerprint density at radius 1 is 1.13 bits per heavy atom. The fourth-order valence-electron chi connectivity index (χ4n) is 4.53. The van der Waals surface area contributed by atoms with Crippen LogP contribution in [-0.2, 0) is 10.0 Å². The van der Waals surface area contributed by atoms with E-state index < -0.39 is 50.1 Å². The highest BCUT2D eigenvalue weighted by Gasteiger charge is 2.57. The summed E-state index contributed by atoms with van der Waals surface area (Å²) in [6.07, 6.45) is -3.59. The lowest BCUT2D eigenvalue weighted by molar-refractivity contribution is -0.148. The quantitative estimate of drug-likeness (QED) is 0.214. The predicted octanol–water partition coefficient (Wildman–Crippen LogP) is 5.35. The number of sulfonamides is 1. The van der Waals surface area contributed by atoms with E-state index in [-0.39, 0.29) is 48.9 Å². The summed E-state index contributed by atoms with van der Waals surface area (Å²) in [6.45, 7) is 1.55. The van der Waals surface area contributed by atoms with Gasteiger partial charge in [0.15, 0.2) is 5.82 Å². The van der Waals surface area contributed by atoms with E-state index in [0.29, 0.717) is 0 Å². The van der Waals surface area contributed by atoms with Gasteiger partial charge < -0.3 is 9.26 Å². The summed E-state index contributed by atoms with van der Waals surface area (Å²) in [4.78, 5) is 12.2. The molecule has 0 aliphatic heterocycles. The predicted molar refractivity (Wildman–Crippen MR) is 133 cm³/mol. The van der Waals surface area contributed by atoms with Crippen molar-refractivity contribution in [2.24, 2.45) is 5.92 Å². The Hall–Kier alpha value is -3.51. The fourth-order valence-corrected chi connectivity index (χ4v) is 7.25. The van der Waals surface area contributed by atoms with Crippen LogP contribution >= 0.6 is 8.73 Å². The molecule has 0 bridgehead atoms. The maximum absolute atomic E-state index is 15.4. The summed E-state index contributed by atoms with van der Waals surface area (Å²) in [6, 6.07) is 7.44. The summed E-state index contributed by atoms with van der Waals surface area (Å²) < 4.78 is 108. The zero-order valence-electron chi connectivity index (χ0n) is 20.2. The average molecular weight is 587 g/mol. The van der Waals surface area contributed by atoms with Crippen molar-refractivity contribution in [1.82, 2.24) is 9.72 Å². The first-order chi connectivity index (χ1) is 18.4. The van der Waals surface area contributed by atoms with Gasteiger partial charge in [-0.05, 0) is 51.5 Å². The molecule has 0 saturated heterocycles. The molecular weight excluding hydrogens is 568 g/mol. The molecule has 1 fully saturated rings. The molecule has 8 nitrogen and oxygen atoms in total. The second-order valence-electron chi connectivity index (χ2n) is 8.73. The van der Waals surface area contributed by atoms with Crippen LogP contribution < -0.4 is 14.4 Å². The van der Waals surface area contributed by atoms with Crippen LogP contribution in [0.2, 0.25) is 0 Å². The van der Waals surface area contributed by atoms with Crippen molar-refractivity contribution < 1.29 is 39.6 Å². The molecule has 0 amide bonds. The molecule has 0 radical (unpaired) electrons. The topological polar surface area (TPSA) is 94.6 Å². The highest BCUT2D eigenvalue weighted by molar-refractivity contribution is 7.97. The summed E-state index contributed by atoms with van der Waals surface area (Å²) in [7, 11) is -3.62. The van der Waals surface area contributed by atoms with Crippen molar-refractivity contribution in [2.75, 3.05) is 17.9 Å². The Morgan fingerprint density at radius 2 is 1.87 bits per heavy atom. The van der Waals surface area contributed by atoms with Crippen LogP contribution in [0.15, 0.2) is 62.9 Å². The van der Waals surface area contributed by atoms with Gasteiger partial charge in [-0.1, -0.05) is 5.16 Å². The molecule has 1 aliphatic rings. The van der Waals surface area contributed by atoms with E-state index in [9.17, 15) is 26.4 Å². The second kappa shape index (κ2) is 9.60. The van der Waals surface area contributed by atoms with Gasteiger partial charge in [0, 0.05) is 29.7 Å². The third kappa shape index (κ3) is 4.65. The fraction of sp³-hybridized carbons (Fsp3) is 0.250. The van der Waals surface area contributed by atoms with Gasteiger partial charge in [0.25, 0.3) is 15.6 Å². The standard InChI is InChI=1S/C24H19F5N3O5PS/c1-36-20-9-14(13-8-15(13)24(27,28)29)16(25)10-19(20)31-18-11-17(26)21(7-12(18)3-4-23(31)33)39(34,35)32(38-2)22-5-6-37-30-22/h3-7,9-11,13,15,38H,8H2,1-2H3/t13-,15+/m1/s1. The van der Waals surface area contributed by atoms with Gasteiger partial charge in [-0.2, -0.15) is 13.2 Å². The Bertz CT molecular complexity index is 1740. The minimum Gasteiger partial charge on any atom is -0.495 e. The number of rotatable bonds is 7. The second-order valence-corrected chi connectivity index (χ2v) is 11.7. The van der Waals surface area contributed by atoms with Crippen molar-refractivity contribution in [3.05, 3.63) is 76.3 Å². The Morgan fingerprint density at radius 3 is 2.46 bits per heavy atom. The van der Waals surface area contributed by atoms with Crippen LogP contribution in [0.5, 0.6) is 5.75 Å². The van der Waals surface area contributed by atoms with Crippen LogP contribution in [0, 0.1) is 17.6 Å². The van der Waals surface area contributed by atoms with E-state index in [2.05, 4.69) is 5.16 Å². The highest BCUT2D eigenvalue weighted by atomic mass is 32.2. The van der Waals surface area contributed by atoms with E-state index in [1.807, 2.05) is 0 Å². The first-order valence-corrected chi connectivity index (χ1v) is 14.2. The number of methoxy groups -OCH3 is 1. The molecule has 0 N–H and O–H groups in total. The molecule has 4 aromatic rings. The summed E-state index contributed by atoms with van der Waals surface area (Å²) in [5, 5.41) is 3.72. The van der Waals surface area contributed by atoms with E-state index in [1.165, 1.54) is 19.2 Å². The van der Waals surface area contributed by atoms with Gasteiger partial charge in [0.05, 0.1) is 24.2 Å². The lowest BCUT2D eigenvalue weighted by Crippen LogP contribution is -2.24. The number of halogens is 5. The molecule has 5 rings (SSSR count). The number of hydrogen-bond acceptors (Lipinski definition) is 6.